The molecule has 1 amide bonds. The van der Waals surface area contributed by atoms with Crippen LogP contribution in [-0.4, -0.2) is 18.5 Å². The monoisotopic (exact) mass is 461 g/mol. The molecule has 160 valence electrons. The molecule has 1 N–H and O–H groups in total. The topological polar surface area (TPSA) is 55.4 Å². The maximum Gasteiger partial charge on any atom is 0.338 e. The molecule has 0 aliphatic carbocycles. The van der Waals surface area contributed by atoms with E-state index in [1.54, 1.807) is 23.9 Å². The third kappa shape index (κ3) is 5.90. The number of thioether (sulfide) groups is 1. The fraction of sp³-hybridized carbons (Fsp3) is 0.0769. The predicted molar refractivity (Wildman–Crippen MR) is 130 cm³/mol. The zero-order valence-electron chi connectivity index (χ0n) is 17.1. The number of benzene rings is 4. The summed E-state index contributed by atoms with van der Waals surface area (Å²) in [7, 11) is 0. The molecular weight excluding hydrogens is 442 g/mol. The first-order valence-electron chi connectivity index (χ1n) is 10.00. The van der Waals surface area contributed by atoms with Crippen LogP contribution in [0.2, 0.25) is 5.02 Å². The van der Waals surface area contributed by atoms with Gasteiger partial charge in [-0.15, -0.1) is 11.8 Å². The highest BCUT2D eigenvalue weighted by Gasteiger charge is 2.11. The van der Waals surface area contributed by atoms with Crippen LogP contribution in [0, 0.1) is 0 Å². The van der Waals surface area contributed by atoms with Crippen molar-refractivity contribution in [1.82, 2.24) is 0 Å². The number of carbonyl (C=O) groups is 2. The minimum Gasteiger partial charge on any atom is -0.452 e. The van der Waals surface area contributed by atoms with Crippen molar-refractivity contribution in [2.75, 3.05) is 11.9 Å². The van der Waals surface area contributed by atoms with Gasteiger partial charge < -0.3 is 10.1 Å². The van der Waals surface area contributed by atoms with E-state index in [1.165, 1.54) is 0 Å². The lowest BCUT2D eigenvalue weighted by Crippen LogP contribution is -2.20. The van der Waals surface area contributed by atoms with Gasteiger partial charge in [0.15, 0.2) is 6.61 Å². The van der Waals surface area contributed by atoms with Crippen LogP contribution >= 0.6 is 23.4 Å². The summed E-state index contributed by atoms with van der Waals surface area (Å²) in [5.41, 5.74) is 2.14. The van der Waals surface area contributed by atoms with E-state index in [9.17, 15) is 9.59 Å². The van der Waals surface area contributed by atoms with Crippen molar-refractivity contribution < 1.29 is 14.3 Å². The van der Waals surface area contributed by atoms with Crippen LogP contribution in [0.15, 0.2) is 95.9 Å². The van der Waals surface area contributed by atoms with E-state index >= 15 is 0 Å². The second kappa shape index (κ2) is 10.4. The van der Waals surface area contributed by atoms with Gasteiger partial charge in [0.25, 0.3) is 5.91 Å². The molecule has 0 aromatic heterocycles. The standard InChI is InChI=1S/C26H20ClNO3S/c27-22-10-13-24(14-11-22)32-17-18-5-7-20(8-6-18)26(30)31-16-25(29)28-23-12-9-19-3-1-2-4-21(19)15-23/h1-15H,16-17H2,(H,28,29). The number of carbonyl (C=O) groups excluding carboxylic acids is 2. The van der Waals surface area contributed by atoms with E-state index in [-0.39, 0.29) is 12.5 Å². The van der Waals surface area contributed by atoms with Gasteiger partial charge in [-0.1, -0.05) is 54.1 Å². The van der Waals surface area contributed by atoms with Crippen LogP contribution in [0.25, 0.3) is 10.8 Å². The number of amides is 1. The number of ether oxygens (including phenoxy) is 1. The lowest BCUT2D eigenvalue weighted by atomic mass is 10.1. The van der Waals surface area contributed by atoms with Crippen LogP contribution < -0.4 is 5.32 Å². The van der Waals surface area contributed by atoms with Crippen LogP contribution in [-0.2, 0) is 15.3 Å². The van der Waals surface area contributed by atoms with Crippen molar-refractivity contribution >= 4 is 51.7 Å². The number of hydrogen-bond donors (Lipinski definition) is 1. The van der Waals surface area contributed by atoms with E-state index in [0.29, 0.717) is 16.3 Å². The van der Waals surface area contributed by atoms with Crippen molar-refractivity contribution in [3.05, 3.63) is 107 Å². The maximum atomic E-state index is 12.3. The number of esters is 1. The smallest absolute Gasteiger partial charge is 0.338 e. The Morgan fingerprint density at radius 1 is 0.844 bits per heavy atom. The molecule has 0 saturated heterocycles. The minimum atomic E-state index is -0.532. The Morgan fingerprint density at radius 2 is 1.56 bits per heavy atom. The zero-order valence-corrected chi connectivity index (χ0v) is 18.7. The summed E-state index contributed by atoms with van der Waals surface area (Å²) >= 11 is 7.59. The van der Waals surface area contributed by atoms with Crippen molar-refractivity contribution in [2.24, 2.45) is 0 Å². The minimum absolute atomic E-state index is 0.347. The van der Waals surface area contributed by atoms with E-state index < -0.39 is 5.97 Å². The highest BCUT2D eigenvalue weighted by Crippen LogP contribution is 2.24. The predicted octanol–water partition coefficient (Wildman–Crippen LogP) is 6.58. The van der Waals surface area contributed by atoms with E-state index in [1.807, 2.05) is 78.9 Å². The highest BCUT2D eigenvalue weighted by atomic mass is 35.5. The number of anilines is 1. The summed E-state index contributed by atoms with van der Waals surface area (Å²) in [5.74, 6) is -0.148. The zero-order chi connectivity index (χ0) is 22.3. The SMILES string of the molecule is O=C(COC(=O)c1ccc(CSc2ccc(Cl)cc2)cc1)Nc1ccc2ccccc2c1. The van der Waals surface area contributed by atoms with Gasteiger partial charge >= 0.3 is 5.97 Å². The van der Waals surface area contributed by atoms with Crippen LogP contribution in [0.5, 0.6) is 0 Å². The molecule has 4 aromatic carbocycles. The van der Waals surface area contributed by atoms with Crippen LogP contribution in [0.1, 0.15) is 15.9 Å². The average molecular weight is 462 g/mol. The first kappa shape index (κ1) is 21.9. The van der Waals surface area contributed by atoms with Gasteiger partial charge in [-0.2, -0.15) is 0 Å². The van der Waals surface area contributed by atoms with Gasteiger partial charge in [-0.25, -0.2) is 4.79 Å². The molecule has 32 heavy (non-hydrogen) atoms. The number of rotatable bonds is 7. The molecule has 4 aromatic rings. The Kier molecular flexibility index (Phi) is 7.10. The second-order valence-corrected chi connectivity index (χ2v) is 8.61. The third-order valence-electron chi connectivity index (χ3n) is 4.78. The first-order chi connectivity index (χ1) is 15.6. The van der Waals surface area contributed by atoms with Gasteiger partial charge in [-0.05, 0) is 64.9 Å². The Hall–Kier alpha value is -3.28. The summed E-state index contributed by atoms with van der Waals surface area (Å²) in [6.07, 6.45) is 0. The molecule has 0 fully saturated rings. The Morgan fingerprint density at radius 3 is 2.31 bits per heavy atom. The average Bonchev–Trinajstić information content (AvgIpc) is 2.82. The summed E-state index contributed by atoms with van der Waals surface area (Å²) < 4.78 is 5.16. The number of fused-ring (bicyclic) bond motifs is 1. The molecule has 0 atom stereocenters. The van der Waals surface area contributed by atoms with Gasteiger partial charge in [-0.3, -0.25) is 4.79 Å². The second-order valence-electron chi connectivity index (χ2n) is 7.13. The fourth-order valence-corrected chi connectivity index (χ4v) is 4.09. The fourth-order valence-electron chi connectivity index (χ4n) is 3.11. The molecule has 0 heterocycles. The van der Waals surface area contributed by atoms with E-state index in [2.05, 4.69) is 5.32 Å². The Labute approximate surface area is 195 Å². The molecule has 0 radical (unpaired) electrons. The molecule has 0 spiro atoms. The van der Waals surface area contributed by atoms with Gasteiger partial charge in [0.1, 0.15) is 0 Å². The molecule has 0 saturated carbocycles. The summed E-state index contributed by atoms with van der Waals surface area (Å²) in [4.78, 5) is 25.6. The summed E-state index contributed by atoms with van der Waals surface area (Å²) in [6, 6.07) is 28.4. The lowest BCUT2D eigenvalue weighted by molar-refractivity contribution is -0.119. The number of hydrogen-bond acceptors (Lipinski definition) is 4. The van der Waals surface area contributed by atoms with Gasteiger partial charge in [0.2, 0.25) is 0 Å². The number of halogens is 1. The molecule has 4 rings (SSSR count). The normalized spacial score (nSPS) is 10.7. The molecule has 6 heteroatoms. The first-order valence-corrected chi connectivity index (χ1v) is 11.4. The van der Waals surface area contributed by atoms with Crippen molar-refractivity contribution in [3.63, 3.8) is 0 Å². The summed E-state index contributed by atoms with van der Waals surface area (Å²) in [6.45, 7) is -0.347. The van der Waals surface area contributed by atoms with E-state index in [0.717, 1.165) is 27.0 Å². The Balaban J connectivity index is 1.26. The van der Waals surface area contributed by atoms with Crippen LogP contribution in [0.3, 0.4) is 0 Å². The molecular formula is C26H20ClNO3S. The maximum absolute atomic E-state index is 12.3. The number of nitrogens with one attached hydrogen (secondary N) is 1. The molecule has 0 bridgehead atoms. The molecule has 0 aliphatic heterocycles. The third-order valence-corrected chi connectivity index (χ3v) is 6.11. The Bertz CT molecular complexity index is 1240. The highest BCUT2D eigenvalue weighted by molar-refractivity contribution is 7.98. The quantitative estimate of drug-likeness (QED) is 0.249. The van der Waals surface area contributed by atoms with E-state index in [4.69, 9.17) is 16.3 Å². The lowest BCUT2D eigenvalue weighted by Gasteiger charge is -2.08. The van der Waals surface area contributed by atoms with Crippen LogP contribution in [0.4, 0.5) is 5.69 Å². The van der Waals surface area contributed by atoms with Crippen molar-refractivity contribution in [2.45, 2.75) is 10.6 Å². The van der Waals surface area contributed by atoms with Gasteiger partial charge in [0.05, 0.1) is 5.56 Å². The summed E-state index contributed by atoms with van der Waals surface area (Å²) in [5, 5.41) is 5.58. The molecule has 0 unspecified atom stereocenters. The largest absolute Gasteiger partial charge is 0.452 e. The van der Waals surface area contributed by atoms with Crippen molar-refractivity contribution in [1.29, 1.82) is 0 Å². The molecule has 0 aliphatic rings. The van der Waals surface area contributed by atoms with Crippen molar-refractivity contribution in [3.8, 4) is 0 Å². The molecule has 4 nitrogen and oxygen atoms in total. The van der Waals surface area contributed by atoms with Gasteiger partial charge in [0, 0.05) is 21.4 Å².